The van der Waals surface area contributed by atoms with Crippen molar-refractivity contribution in [2.24, 2.45) is 11.7 Å². The fraction of sp³-hybridized carbons (Fsp3) is 0.941. The molecule has 21 heavy (non-hydrogen) atoms. The maximum absolute atomic E-state index is 12.5. The first-order valence-corrected chi connectivity index (χ1v) is 8.64. The molecule has 1 saturated carbocycles. The minimum absolute atomic E-state index is 0.106. The number of nitrogens with two attached hydrogens (primary N) is 1. The molecular formula is C17H32N2O2. The molecule has 2 N–H and O–H groups in total. The number of carbonyl (C=O) groups excluding carboxylic acids is 1. The van der Waals surface area contributed by atoms with Gasteiger partial charge < -0.3 is 15.4 Å². The van der Waals surface area contributed by atoms with Crippen LogP contribution in [0.3, 0.4) is 0 Å². The second-order valence-electron chi connectivity index (χ2n) is 7.72. The van der Waals surface area contributed by atoms with Gasteiger partial charge in [0.1, 0.15) is 5.60 Å². The third-order valence-electron chi connectivity index (χ3n) is 4.75. The fourth-order valence-electron chi connectivity index (χ4n) is 3.84. The van der Waals surface area contributed by atoms with Crippen LogP contribution >= 0.6 is 0 Å². The molecule has 0 bridgehead atoms. The number of hydrogen-bond acceptors (Lipinski definition) is 3. The van der Waals surface area contributed by atoms with Gasteiger partial charge in [-0.25, -0.2) is 4.79 Å². The summed E-state index contributed by atoms with van der Waals surface area (Å²) in [5.74, 6) is 0.551. The van der Waals surface area contributed by atoms with Gasteiger partial charge in [-0.05, 0) is 52.4 Å². The van der Waals surface area contributed by atoms with E-state index in [1.807, 2.05) is 25.7 Å². The Morgan fingerprint density at radius 3 is 2.24 bits per heavy atom. The Bertz CT molecular complexity index is 343. The van der Waals surface area contributed by atoms with Crippen molar-refractivity contribution in [1.82, 2.24) is 4.90 Å². The second kappa shape index (κ2) is 6.99. The summed E-state index contributed by atoms with van der Waals surface area (Å²) < 4.78 is 5.61. The van der Waals surface area contributed by atoms with Gasteiger partial charge in [-0.1, -0.05) is 25.7 Å². The largest absolute Gasteiger partial charge is 0.444 e. The van der Waals surface area contributed by atoms with E-state index in [1.54, 1.807) is 0 Å². The van der Waals surface area contributed by atoms with Gasteiger partial charge in [0.25, 0.3) is 0 Å². The molecule has 0 spiro atoms. The van der Waals surface area contributed by atoms with Crippen molar-refractivity contribution < 1.29 is 9.53 Å². The van der Waals surface area contributed by atoms with E-state index in [9.17, 15) is 4.79 Å². The van der Waals surface area contributed by atoms with Crippen molar-refractivity contribution in [1.29, 1.82) is 0 Å². The lowest BCUT2D eigenvalue weighted by atomic mass is 9.82. The molecule has 1 aliphatic carbocycles. The maximum Gasteiger partial charge on any atom is 0.410 e. The molecule has 1 saturated heterocycles. The monoisotopic (exact) mass is 296 g/mol. The van der Waals surface area contributed by atoms with Crippen molar-refractivity contribution in [2.75, 3.05) is 6.54 Å². The van der Waals surface area contributed by atoms with Crippen LogP contribution in [0.4, 0.5) is 4.79 Å². The highest BCUT2D eigenvalue weighted by Gasteiger charge is 2.39. The summed E-state index contributed by atoms with van der Waals surface area (Å²) in [6, 6.07) is 0.279. The molecule has 2 aliphatic rings. The van der Waals surface area contributed by atoms with Crippen molar-refractivity contribution in [2.45, 2.75) is 89.8 Å². The summed E-state index contributed by atoms with van der Waals surface area (Å²) in [4.78, 5) is 14.5. The Kier molecular flexibility index (Phi) is 5.53. The summed E-state index contributed by atoms with van der Waals surface area (Å²) in [5.41, 5.74) is 5.97. The summed E-state index contributed by atoms with van der Waals surface area (Å²) in [5, 5.41) is 0. The molecule has 4 nitrogen and oxygen atoms in total. The molecule has 122 valence electrons. The third kappa shape index (κ3) is 4.60. The average Bonchev–Trinajstić information content (AvgIpc) is 2.65. The van der Waals surface area contributed by atoms with Crippen molar-refractivity contribution >= 4 is 6.09 Å². The number of nitrogens with zero attached hydrogens (tertiary/aromatic N) is 1. The second-order valence-corrected chi connectivity index (χ2v) is 7.72. The van der Waals surface area contributed by atoms with Crippen LogP contribution in [0.25, 0.3) is 0 Å². The van der Waals surface area contributed by atoms with E-state index >= 15 is 0 Å². The zero-order valence-electron chi connectivity index (χ0n) is 13.9. The van der Waals surface area contributed by atoms with E-state index < -0.39 is 5.60 Å². The lowest BCUT2D eigenvalue weighted by molar-refractivity contribution is -0.00403. The van der Waals surface area contributed by atoms with E-state index in [0.717, 1.165) is 19.4 Å². The van der Waals surface area contributed by atoms with Crippen LogP contribution in [0.5, 0.6) is 0 Å². The van der Waals surface area contributed by atoms with E-state index in [-0.39, 0.29) is 18.2 Å². The van der Waals surface area contributed by atoms with Crippen LogP contribution < -0.4 is 5.73 Å². The van der Waals surface area contributed by atoms with Crippen LogP contribution in [-0.2, 0) is 4.74 Å². The highest BCUT2D eigenvalue weighted by atomic mass is 16.6. The zero-order chi connectivity index (χ0) is 15.5. The first-order chi connectivity index (χ1) is 9.88. The summed E-state index contributed by atoms with van der Waals surface area (Å²) >= 11 is 0. The highest BCUT2D eigenvalue weighted by Crippen LogP contribution is 2.33. The van der Waals surface area contributed by atoms with Crippen LogP contribution in [0, 0.1) is 5.92 Å². The van der Waals surface area contributed by atoms with E-state index in [1.165, 1.54) is 38.5 Å². The minimum atomic E-state index is -0.438. The number of ether oxygens (including phenoxy) is 1. The Labute approximate surface area is 129 Å². The number of amides is 1. The van der Waals surface area contributed by atoms with Gasteiger partial charge in [0.05, 0.1) is 6.04 Å². The maximum atomic E-state index is 12.5. The molecule has 1 aliphatic heterocycles. The number of rotatable bonds is 1. The number of carbonyl (C=O) groups is 1. The molecule has 1 amide bonds. The van der Waals surface area contributed by atoms with Crippen LogP contribution in [0.2, 0.25) is 0 Å². The van der Waals surface area contributed by atoms with Crippen molar-refractivity contribution in [3.63, 3.8) is 0 Å². The lowest BCUT2D eigenvalue weighted by Gasteiger charge is -2.44. The number of hydrogen-bond donors (Lipinski definition) is 1. The summed E-state index contributed by atoms with van der Waals surface area (Å²) in [6.07, 6.45) is 9.45. The average molecular weight is 296 g/mol. The van der Waals surface area contributed by atoms with Gasteiger partial charge in [0.15, 0.2) is 0 Å². The van der Waals surface area contributed by atoms with E-state index in [2.05, 4.69) is 0 Å². The first-order valence-electron chi connectivity index (χ1n) is 8.64. The minimum Gasteiger partial charge on any atom is -0.444 e. The highest BCUT2D eigenvalue weighted by molar-refractivity contribution is 5.69. The quantitative estimate of drug-likeness (QED) is 0.751. The normalized spacial score (nSPS) is 29.0. The standard InChI is InChI=1S/C17H32N2O2/c1-17(2,3)21-16(20)19-12-8-11-14(18)15(19)13-9-6-4-5-7-10-13/h13-15H,4-12,18H2,1-3H3. The van der Waals surface area contributed by atoms with Crippen molar-refractivity contribution in [3.05, 3.63) is 0 Å². The Balaban J connectivity index is 2.10. The smallest absolute Gasteiger partial charge is 0.410 e. The molecule has 2 rings (SSSR count). The molecule has 1 heterocycles. The molecule has 0 aromatic carbocycles. The molecule has 2 atom stereocenters. The van der Waals surface area contributed by atoms with Gasteiger partial charge >= 0.3 is 6.09 Å². The predicted octanol–water partition coefficient (Wildman–Crippen LogP) is 3.68. The Morgan fingerprint density at radius 1 is 1.05 bits per heavy atom. The van der Waals surface area contributed by atoms with Crippen LogP contribution in [0.15, 0.2) is 0 Å². The van der Waals surface area contributed by atoms with E-state index in [0.29, 0.717) is 5.92 Å². The molecule has 2 unspecified atom stereocenters. The van der Waals surface area contributed by atoms with Gasteiger partial charge in [0, 0.05) is 12.6 Å². The molecule has 0 aromatic heterocycles. The Morgan fingerprint density at radius 2 is 1.67 bits per heavy atom. The van der Waals surface area contributed by atoms with Crippen molar-refractivity contribution in [3.8, 4) is 0 Å². The SMILES string of the molecule is CC(C)(C)OC(=O)N1CCCC(N)C1C1CCCCCC1. The van der Waals surface area contributed by atoms with Crippen LogP contribution in [0.1, 0.15) is 72.1 Å². The van der Waals surface area contributed by atoms with E-state index in [4.69, 9.17) is 10.5 Å². The number of likely N-dealkylation sites (tertiary alicyclic amines) is 1. The number of piperidine rings is 1. The summed E-state index contributed by atoms with van der Waals surface area (Å²) in [7, 11) is 0. The zero-order valence-corrected chi connectivity index (χ0v) is 13.9. The van der Waals surface area contributed by atoms with Gasteiger partial charge in [-0.3, -0.25) is 0 Å². The van der Waals surface area contributed by atoms with Gasteiger partial charge in [0.2, 0.25) is 0 Å². The first kappa shape index (κ1) is 16.6. The van der Waals surface area contributed by atoms with Gasteiger partial charge in [-0.2, -0.15) is 0 Å². The molecular weight excluding hydrogens is 264 g/mol. The summed E-state index contributed by atoms with van der Waals surface area (Å²) in [6.45, 7) is 6.57. The Hall–Kier alpha value is -0.770. The molecule has 2 fully saturated rings. The van der Waals surface area contributed by atoms with Gasteiger partial charge in [-0.15, -0.1) is 0 Å². The predicted molar refractivity (Wildman–Crippen MR) is 85.1 cm³/mol. The van der Waals surface area contributed by atoms with Crippen LogP contribution in [-0.4, -0.2) is 35.2 Å². The fourth-order valence-corrected chi connectivity index (χ4v) is 3.84. The third-order valence-corrected chi connectivity index (χ3v) is 4.75. The topological polar surface area (TPSA) is 55.6 Å². The molecule has 4 heteroatoms. The molecule has 0 radical (unpaired) electrons. The lowest BCUT2D eigenvalue weighted by Crippen LogP contribution is -2.58. The molecule has 0 aromatic rings.